The van der Waals surface area contributed by atoms with Gasteiger partial charge >= 0.3 is 0 Å². The highest BCUT2D eigenvalue weighted by molar-refractivity contribution is 7.11. The van der Waals surface area contributed by atoms with Gasteiger partial charge in [-0.15, -0.1) is 11.3 Å². The molecule has 0 aliphatic carbocycles. The van der Waals surface area contributed by atoms with E-state index in [1.807, 2.05) is 11.3 Å². The molecule has 0 aliphatic rings. The van der Waals surface area contributed by atoms with Crippen molar-refractivity contribution in [3.63, 3.8) is 0 Å². The van der Waals surface area contributed by atoms with Crippen LogP contribution in [0.5, 0.6) is 0 Å². The molecule has 2 nitrogen and oxygen atoms in total. The number of aryl methyl sites for hydroxylation is 1. The van der Waals surface area contributed by atoms with Crippen molar-refractivity contribution >= 4 is 11.3 Å². The summed E-state index contributed by atoms with van der Waals surface area (Å²) in [5, 5.41) is 4.77. The van der Waals surface area contributed by atoms with Crippen LogP contribution in [0.3, 0.4) is 0 Å². The minimum absolute atomic E-state index is 0.535. The van der Waals surface area contributed by atoms with Gasteiger partial charge in [-0.3, -0.25) is 0 Å². The van der Waals surface area contributed by atoms with Gasteiger partial charge in [-0.05, 0) is 24.8 Å². The largest absolute Gasteiger partial charge is 0.312 e. The number of rotatable bonds is 6. The summed E-state index contributed by atoms with van der Waals surface area (Å²) in [7, 11) is 0. The third kappa shape index (κ3) is 3.87. The van der Waals surface area contributed by atoms with Crippen molar-refractivity contribution in [2.75, 3.05) is 6.54 Å². The summed E-state index contributed by atoms with van der Waals surface area (Å²) in [6.07, 6.45) is 1.05. The van der Waals surface area contributed by atoms with Gasteiger partial charge in [0, 0.05) is 11.4 Å². The highest BCUT2D eigenvalue weighted by Crippen LogP contribution is 2.25. The Morgan fingerprint density at radius 3 is 2.44 bits per heavy atom. The molecule has 0 bridgehead atoms. The molecule has 0 atom stereocenters. The smallest absolute Gasteiger partial charge is 0.0929 e. The van der Waals surface area contributed by atoms with Crippen molar-refractivity contribution in [2.24, 2.45) is 5.92 Å². The summed E-state index contributed by atoms with van der Waals surface area (Å²) in [6, 6.07) is 0. The lowest BCUT2D eigenvalue weighted by Gasteiger charge is -2.08. The Morgan fingerprint density at radius 2 is 1.94 bits per heavy atom. The van der Waals surface area contributed by atoms with E-state index in [2.05, 4.69) is 39.9 Å². The molecule has 0 spiro atoms. The van der Waals surface area contributed by atoms with E-state index in [0.29, 0.717) is 11.8 Å². The highest BCUT2D eigenvalue weighted by Gasteiger charge is 2.12. The monoisotopic (exact) mass is 240 g/mol. The zero-order valence-corrected chi connectivity index (χ0v) is 11.9. The van der Waals surface area contributed by atoms with E-state index in [1.54, 1.807) is 0 Å². The van der Waals surface area contributed by atoms with Gasteiger partial charge in [0.15, 0.2) is 0 Å². The standard InChI is InChI=1S/C13H24N2S/c1-6-12-15-13(10(4)5)11(16-12)8-14-7-9(2)3/h9-10,14H,6-8H2,1-5H3. The average Bonchev–Trinajstić information content (AvgIpc) is 2.60. The number of thiazole rings is 1. The number of aromatic nitrogens is 1. The van der Waals surface area contributed by atoms with Crippen molar-refractivity contribution in [2.45, 2.75) is 53.5 Å². The molecular weight excluding hydrogens is 216 g/mol. The van der Waals surface area contributed by atoms with E-state index in [9.17, 15) is 0 Å². The molecule has 0 amide bonds. The highest BCUT2D eigenvalue weighted by atomic mass is 32.1. The third-order valence-electron chi connectivity index (χ3n) is 2.46. The minimum Gasteiger partial charge on any atom is -0.312 e. The van der Waals surface area contributed by atoms with Crippen molar-refractivity contribution in [1.82, 2.24) is 10.3 Å². The number of nitrogens with one attached hydrogen (secondary N) is 1. The maximum Gasteiger partial charge on any atom is 0.0929 e. The molecule has 1 aromatic heterocycles. The molecule has 3 heteroatoms. The molecule has 92 valence electrons. The number of nitrogens with zero attached hydrogens (tertiary/aromatic N) is 1. The summed E-state index contributed by atoms with van der Waals surface area (Å²) in [4.78, 5) is 6.13. The summed E-state index contributed by atoms with van der Waals surface area (Å²) < 4.78 is 0. The Balaban J connectivity index is 2.66. The summed E-state index contributed by atoms with van der Waals surface area (Å²) in [6.45, 7) is 13.1. The van der Waals surface area contributed by atoms with Gasteiger partial charge in [0.2, 0.25) is 0 Å². The second kappa shape index (κ2) is 6.36. The predicted molar refractivity (Wildman–Crippen MR) is 72.1 cm³/mol. The lowest BCUT2D eigenvalue weighted by atomic mass is 10.1. The first-order valence-corrected chi connectivity index (χ1v) is 7.05. The van der Waals surface area contributed by atoms with Crippen LogP contribution in [0, 0.1) is 5.92 Å². The van der Waals surface area contributed by atoms with E-state index in [-0.39, 0.29) is 0 Å². The topological polar surface area (TPSA) is 24.9 Å². The zero-order valence-electron chi connectivity index (χ0n) is 11.1. The lowest BCUT2D eigenvalue weighted by Crippen LogP contribution is -2.19. The molecule has 0 saturated carbocycles. The molecular formula is C13H24N2S. The molecule has 1 rings (SSSR count). The molecule has 0 fully saturated rings. The van der Waals surface area contributed by atoms with Crippen LogP contribution >= 0.6 is 11.3 Å². The second-order valence-electron chi connectivity index (χ2n) is 4.95. The Hall–Kier alpha value is -0.410. The Bertz CT molecular complexity index is 316. The molecule has 0 unspecified atom stereocenters. The van der Waals surface area contributed by atoms with Crippen LogP contribution in [0.25, 0.3) is 0 Å². The van der Waals surface area contributed by atoms with Crippen LogP contribution in [0.1, 0.15) is 56.1 Å². The van der Waals surface area contributed by atoms with E-state index >= 15 is 0 Å². The maximum absolute atomic E-state index is 4.70. The lowest BCUT2D eigenvalue weighted by molar-refractivity contribution is 0.552. The zero-order chi connectivity index (χ0) is 12.1. The average molecular weight is 240 g/mol. The molecule has 1 aromatic rings. The molecule has 0 aromatic carbocycles. The molecule has 0 radical (unpaired) electrons. The predicted octanol–water partition coefficient (Wildman–Crippen LogP) is 3.57. The number of hydrogen-bond donors (Lipinski definition) is 1. The number of hydrogen-bond acceptors (Lipinski definition) is 3. The van der Waals surface area contributed by atoms with Crippen LogP contribution in [0.15, 0.2) is 0 Å². The first-order chi connectivity index (χ1) is 7.54. The van der Waals surface area contributed by atoms with Gasteiger partial charge in [0.05, 0.1) is 10.7 Å². The van der Waals surface area contributed by atoms with Crippen molar-refractivity contribution in [3.8, 4) is 0 Å². The van der Waals surface area contributed by atoms with Gasteiger partial charge in [-0.25, -0.2) is 4.98 Å². The van der Waals surface area contributed by atoms with Crippen LogP contribution in [0.2, 0.25) is 0 Å². The summed E-state index contributed by atoms with van der Waals surface area (Å²) in [5.74, 6) is 1.24. The normalized spacial score (nSPS) is 11.7. The molecule has 0 saturated heterocycles. The van der Waals surface area contributed by atoms with Gasteiger partial charge in [-0.2, -0.15) is 0 Å². The second-order valence-corrected chi connectivity index (χ2v) is 6.12. The van der Waals surface area contributed by atoms with Crippen LogP contribution in [-0.2, 0) is 13.0 Å². The van der Waals surface area contributed by atoms with Gasteiger partial charge in [0.1, 0.15) is 0 Å². The summed E-state index contributed by atoms with van der Waals surface area (Å²) in [5.41, 5.74) is 1.29. The van der Waals surface area contributed by atoms with Crippen LogP contribution in [-0.4, -0.2) is 11.5 Å². The molecule has 1 heterocycles. The fraction of sp³-hybridized carbons (Fsp3) is 0.769. The first-order valence-electron chi connectivity index (χ1n) is 6.23. The Kier molecular flexibility index (Phi) is 5.42. The quantitative estimate of drug-likeness (QED) is 0.822. The van der Waals surface area contributed by atoms with Crippen molar-refractivity contribution < 1.29 is 0 Å². The minimum atomic E-state index is 0.535. The van der Waals surface area contributed by atoms with Crippen LogP contribution < -0.4 is 5.32 Å². The maximum atomic E-state index is 4.70. The van der Waals surface area contributed by atoms with Crippen molar-refractivity contribution in [1.29, 1.82) is 0 Å². The van der Waals surface area contributed by atoms with E-state index in [0.717, 1.165) is 19.5 Å². The third-order valence-corrected chi connectivity index (χ3v) is 3.67. The van der Waals surface area contributed by atoms with Crippen LogP contribution in [0.4, 0.5) is 0 Å². The van der Waals surface area contributed by atoms with E-state index in [1.165, 1.54) is 15.6 Å². The molecule has 1 N–H and O–H groups in total. The fourth-order valence-electron chi connectivity index (χ4n) is 1.62. The first kappa shape index (κ1) is 13.7. The summed E-state index contributed by atoms with van der Waals surface area (Å²) >= 11 is 1.87. The van der Waals surface area contributed by atoms with E-state index in [4.69, 9.17) is 4.98 Å². The van der Waals surface area contributed by atoms with E-state index < -0.39 is 0 Å². The Morgan fingerprint density at radius 1 is 1.25 bits per heavy atom. The van der Waals surface area contributed by atoms with Crippen molar-refractivity contribution in [3.05, 3.63) is 15.6 Å². The SMILES string of the molecule is CCc1nc(C(C)C)c(CNCC(C)C)s1. The van der Waals surface area contributed by atoms with Gasteiger partial charge in [0.25, 0.3) is 0 Å². The fourth-order valence-corrected chi connectivity index (χ4v) is 2.75. The van der Waals surface area contributed by atoms with Gasteiger partial charge < -0.3 is 5.32 Å². The molecule has 0 aliphatic heterocycles. The Labute approximate surface area is 103 Å². The molecule has 16 heavy (non-hydrogen) atoms. The van der Waals surface area contributed by atoms with Gasteiger partial charge in [-0.1, -0.05) is 34.6 Å².